The molecule has 0 unspecified atom stereocenters. The first-order chi connectivity index (χ1) is 22.9. The number of fused-ring (bicyclic) bond motifs is 1. The predicted octanol–water partition coefficient (Wildman–Crippen LogP) is 5.25. The average Bonchev–Trinajstić information content (AvgIpc) is 3.06. The molecule has 0 atom stereocenters. The van der Waals surface area contributed by atoms with Gasteiger partial charge in [0, 0.05) is 36.7 Å². The van der Waals surface area contributed by atoms with Crippen molar-refractivity contribution in [2.45, 2.75) is 58.5 Å². The molecular weight excluding hydrogens is 613 g/mol. The third kappa shape index (κ3) is 6.61. The molecule has 248 valence electrons. The Morgan fingerprint density at radius 2 is 1.83 bits per heavy atom. The van der Waals surface area contributed by atoms with Crippen LogP contribution in [0.3, 0.4) is 0 Å². The molecule has 3 aromatic heterocycles. The Labute approximate surface area is 276 Å². The third-order valence-corrected chi connectivity index (χ3v) is 8.70. The molecule has 0 spiro atoms. The highest BCUT2D eigenvalue weighted by atomic mass is 19.1. The zero-order valence-electron chi connectivity index (χ0n) is 27.6. The number of halogens is 1. The van der Waals surface area contributed by atoms with E-state index < -0.39 is 17.3 Å². The second-order valence-corrected chi connectivity index (χ2v) is 13.1. The summed E-state index contributed by atoms with van der Waals surface area (Å²) in [7, 11) is 1.53. The normalized spacial score (nSPS) is 13.9. The van der Waals surface area contributed by atoms with Gasteiger partial charge in [0.25, 0.3) is 11.1 Å². The predicted molar refractivity (Wildman–Crippen MR) is 182 cm³/mol. The number of carbonyl (C=O) groups is 1. The van der Waals surface area contributed by atoms with Crippen molar-refractivity contribution in [2.24, 2.45) is 7.05 Å². The van der Waals surface area contributed by atoms with Gasteiger partial charge in [-0.2, -0.15) is 14.9 Å². The number of ether oxygens (including phenoxy) is 1. The van der Waals surface area contributed by atoms with E-state index in [-0.39, 0.29) is 34.3 Å². The van der Waals surface area contributed by atoms with E-state index in [0.717, 1.165) is 41.7 Å². The maximum atomic E-state index is 15.5. The molecule has 2 aromatic carbocycles. The van der Waals surface area contributed by atoms with Crippen LogP contribution in [0.4, 0.5) is 15.9 Å². The maximum Gasteiger partial charge on any atom is 0.302 e. The number of nitrogens with one attached hydrogen (secondary N) is 2. The van der Waals surface area contributed by atoms with Crippen molar-refractivity contribution >= 4 is 28.2 Å². The Morgan fingerprint density at radius 1 is 1.06 bits per heavy atom. The standard InChI is InChI=1S/C36H38FN7O4/c1-21(45)48-20-27-26(7-6-8-31(27)44-35(47)33-24(19-40-44)15-25(16-28(33)37)36(2,3)4)29-17-30(34(46)43(5)42-29)41-32-10-9-23(18-39-32)22-11-13-38-14-12-22/h6-10,15-19,22,38H,11-14,20H2,1-5H3,(H,39,41). The van der Waals surface area contributed by atoms with E-state index in [1.54, 1.807) is 30.3 Å². The molecule has 2 N–H and O–H groups in total. The fourth-order valence-electron chi connectivity index (χ4n) is 6.02. The number of aryl methyl sites for hydroxylation is 1. The Kier molecular flexibility index (Phi) is 8.93. The fourth-order valence-corrected chi connectivity index (χ4v) is 6.02. The van der Waals surface area contributed by atoms with Crippen molar-refractivity contribution < 1.29 is 13.9 Å². The summed E-state index contributed by atoms with van der Waals surface area (Å²) < 4.78 is 23.2. The third-order valence-electron chi connectivity index (χ3n) is 8.70. The minimum absolute atomic E-state index is 0.104. The number of rotatable bonds is 7. The van der Waals surface area contributed by atoms with Crippen molar-refractivity contribution in [3.05, 3.63) is 104 Å². The Bertz CT molecular complexity index is 2130. The fraction of sp³-hybridized carbons (Fsp3) is 0.333. The molecule has 1 aliphatic heterocycles. The number of nitrogens with zero attached hydrogens (tertiary/aromatic N) is 5. The molecule has 0 amide bonds. The lowest BCUT2D eigenvalue weighted by molar-refractivity contribution is -0.142. The van der Waals surface area contributed by atoms with Gasteiger partial charge in [0.05, 0.1) is 23.0 Å². The van der Waals surface area contributed by atoms with Crippen LogP contribution in [0.15, 0.2) is 70.5 Å². The van der Waals surface area contributed by atoms with Gasteiger partial charge >= 0.3 is 5.97 Å². The van der Waals surface area contributed by atoms with Gasteiger partial charge in [0.15, 0.2) is 0 Å². The number of pyridine rings is 1. The maximum absolute atomic E-state index is 15.5. The number of anilines is 2. The quantitative estimate of drug-likeness (QED) is 0.226. The number of hydrogen-bond acceptors (Lipinski definition) is 9. The highest BCUT2D eigenvalue weighted by Gasteiger charge is 2.22. The van der Waals surface area contributed by atoms with Gasteiger partial charge in [0.2, 0.25) is 0 Å². The molecule has 1 aliphatic rings. The molecule has 1 saturated heterocycles. The van der Waals surface area contributed by atoms with Crippen LogP contribution in [-0.2, 0) is 28.6 Å². The van der Waals surface area contributed by atoms with Crippen molar-refractivity contribution in [3.8, 4) is 16.9 Å². The minimum Gasteiger partial charge on any atom is -0.461 e. The van der Waals surface area contributed by atoms with Crippen LogP contribution < -0.4 is 21.8 Å². The molecule has 0 bridgehead atoms. The molecular formula is C36H38FN7O4. The molecule has 48 heavy (non-hydrogen) atoms. The lowest BCUT2D eigenvalue weighted by atomic mass is 9.86. The molecule has 0 saturated carbocycles. The van der Waals surface area contributed by atoms with E-state index in [2.05, 4.69) is 25.8 Å². The summed E-state index contributed by atoms with van der Waals surface area (Å²) >= 11 is 0. The summed E-state index contributed by atoms with van der Waals surface area (Å²) in [5, 5.41) is 15.7. The van der Waals surface area contributed by atoms with Gasteiger partial charge in [-0.3, -0.25) is 14.4 Å². The minimum atomic E-state index is -0.665. The van der Waals surface area contributed by atoms with Crippen LogP contribution >= 0.6 is 0 Å². The van der Waals surface area contributed by atoms with Crippen LogP contribution in [0.2, 0.25) is 0 Å². The van der Waals surface area contributed by atoms with Crippen molar-refractivity contribution in [2.75, 3.05) is 18.4 Å². The van der Waals surface area contributed by atoms with Gasteiger partial charge in [-0.15, -0.1) is 0 Å². The number of aromatic nitrogens is 5. The van der Waals surface area contributed by atoms with Crippen LogP contribution in [0.5, 0.6) is 0 Å². The second kappa shape index (κ2) is 13.1. The van der Waals surface area contributed by atoms with Crippen LogP contribution in [-0.4, -0.2) is 43.6 Å². The lowest BCUT2D eigenvalue weighted by Crippen LogP contribution is -2.26. The van der Waals surface area contributed by atoms with Gasteiger partial charge in [-0.1, -0.05) is 39.0 Å². The van der Waals surface area contributed by atoms with Crippen molar-refractivity contribution in [1.29, 1.82) is 0 Å². The molecule has 12 heteroatoms. The molecule has 4 heterocycles. The Hall–Kier alpha value is -5.23. The highest BCUT2D eigenvalue weighted by Crippen LogP contribution is 2.31. The van der Waals surface area contributed by atoms with E-state index in [0.29, 0.717) is 33.9 Å². The van der Waals surface area contributed by atoms with Gasteiger partial charge in [0.1, 0.15) is 23.9 Å². The summed E-state index contributed by atoms with van der Waals surface area (Å²) in [5.74, 6) is -0.244. The molecule has 5 aromatic rings. The summed E-state index contributed by atoms with van der Waals surface area (Å²) in [6.07, 6.45) is 5.39. The first kappa shape index (κ1) is 32.7. The monoisotopic (exact) mass is 651 g/mol. The van der Waals surface area contributed by atoms with Crippen LogP contribution in [0.1, 0.15) is 63.1 Å². The van der Waals surface area contributed by atoms with E-state index in [1.165, 1.54) is 30.9 Å². The van der Waals surface area contributed by atoms with E-state index in [4.69, 9.17) is 4.74 Å². The van der Waals surface area contributed by atoms with Crippen molar-refractivity contribution in [3.63, 3.8) is 0 Å². The number of benzene rings is 2. The summed E-state index contributed by atoms with van der Waals surface area (Å²) in [6.45, 7) is 8.89. The zero-order chi connectivity index (χ0) is 34.2. The van der Waals surface area contributed by atoms with Crippen LogP contribution in [0, 0.1) is 5.82 Å². The largest absolute Gasteiger partial charge is 0.461 e. The summed E-state index contributed by atoms with van der Waals surface area (Å²) in [6, 6.07) is 13.7. The first-order valence-electron chi connectivity index (χ1n) is 15.9. The second-order valence-electron chi connectivity index (χ2n) is 13.1. The lowest BCUT2D eigenvalue weighted by Gasteiger charge is -2.22. The first-order valence-corrected chi connectivity index (χ1v) is 15.9. The summed E-state index contributed by atoms with van der Waals surface area (Å²) in [4.78, 5) is 43.5. The zero-order valence-corrected chi connectivity index (χ0v) is 27.6. The van der Waals surface area contributed by atoms with E-state index in [9.17, 15) is 14.4 Å². The molecule has 1 fully saturated rings. The van der Waals surface area contributed by atoms with Crippen LogP contribution in [0.25, 0.3) is 27.7 Å². The summed E-state index contributed by atoms with van der Waals surface area (Å²) in [5.41, 5.74) is 2.27. The highest BCUT2D eigenvalue weighted by molar-refractivity contribution is 5.83. The SMILES string of the molecule is CC(=O)OCc1c(-c2cc(Nc3ccc(C4CCNCC4)cn3)c(=O)n(C)n2)cccc1-n1ncc2cc(C(C)(C)C)cc(F)c2c1=O. The van der Waals surface area contributed by atoms with Gasteiger partial charge < -0.3 is 15.4 Å². The van der Waals surface area contributed by atoms with E-state index in [1.807, 2.05) is 39.1 Å². The van der Waals surface area contributed by atoms with Gasteiger partial charge in [-0.05, 0) is 78.7 Å². The molecule has 0 aliphatic carbocycles. The smallest absolute Gasteiger partial charge is 0.302 e. The Morgan fingerprint density at radius 3 is 2.52 bits per heavy atom. The van der Waals surface area contributed by atoms with Crippen molar-refractivity contribution in [1.82, 2.24) is 29.9 Å². The molecule has 6 rings (SSSR count). The topological polar surface area (TPSA) is 133 Å². The number of carbonyl (C=O) groups excluding carboxylic acids is 1. The van der Waals surface area contributed by atoms with E-state index >= 15 is 4.39 Å². The number of esters is 1. The molecule has 11 nitrogen and oxygen atoms in total. The average molecular weight is 652 g/mol. The van der Waals surface area contributed by atoms with Gasteiger partial charge in [-0.25, -0.2) is 14.1 Å². The Balaban J connectivity index is 1.43. The number of piperidine rings is 1. The molecule has 0 radical (unpaired) electrons. The number of hydrogen-bond donors (Lipinski definition) is 2.